The summed E-state index contributed by atoms with van der Waals surface area (Å²) in [7, 11) is 13.0. The van der Waals surface area contributed by atoms with Gasteiger partial charge in [-0.05, 0) is 13.0 Å². The number of nitrogens with one attached hydrogen (secondary N) is 1. The highest BCUT2D eigenvalue weighted by Gasteiger charge is 1.95. The molecule has 0 aromatic carbocycles. The highest BCUT2D eigenvalue weighted by Crippen LogP contribution is 1.87. The Bertz CT molecular complexity index is 304. The predicted molar refractivity (Wildman–Crippen MR) is 90.2 cm³/mol. The zero-order chi connectivity index (χ0) is 17.9. The van der Waals surface area contributed by atoms with Gasteiger partial charge in [-0.2, -0.15) is 0 Å². The first-order valence-corrected chi connectivity index (χ1v) is 8.74. The van der Waals surface area contributed by atoms with E-state index in [1.165, 1.54) is 0 Å². The maximum absolute atomic E-state index is 10.1. The maximum Gasteiger partial charge on any atom is 0.0946 e. The fraction of sp³-hybridized carbons (Fsp3) is 1.00. The molecule has 0 rings (SSSR count). The van der Waals surface area contributed by atoms with Crippen molar-refractivity contribution >= 4 is 10.1 Å². The molecule has 0 radical (unpaired) electrons. The molecule has 132 valence electrons. The van der Waals surface area contributed by atoms with E-state index in [4.69, 9.17) is 0 Å². The summed E-state index contributed by atoms with van der Waals surface area (Å²) in [5, 5.41) is 3.01. The smallest absolute Gasteiger partial charge is 0.0946 e. The van der Waals surface area contributed by atoms with Gasteiger partial charge < -0.3 is 18.8 Å². The lowest BCUT2D eigenvalue weighted by molar-refractivity contribution is -0.849. The minimum atomic E-state index is -4.01. The van der Waals surface area contributed by atoms with E-state index in [2.05, 4.69) is 61.7 Å². The fourth-order valence-corrected chi connectivity index (χ4v) is 1.14. The zero-order valence-electron chi connectivity index (χ0n) is 15.7. The molecule has 0 aromatic heterocycles. The van der Waals surface area contributed by atoms with Crippen molar-refractivity contribution in [2.45, 2.75) is 26.3 Å². The highest BCUT2D eigenvalue weighted by molar-refractivity contribution is 7.85. The van der Waals surface area contributed by atoms with Crippen LogP contribution in [-0.2, 0) is 10.1 Å². The molecule has 0 unspecified atom stereocenters. The third kappa shape index (κ3) is 103. The first-order chi connectivity index (χ1) is 8.92. The molecule has 0 saturated heterocycles. The van der Waals surface area contributed by atoms with Gasteiger partial charge in [-0.3, -0.25) is 0 Å². The standard InChI is InChI=1S/C6H15NO3S.2C4H12N/c1-6(2)7-4-3-5-11(8,9)10;2*1-5(2,3)4/h6-7H,3-5H2,1-2H3,(H,8,9,10);2*1-4H3/q;2*+1/p-1. The monoisotopic (exact) mass is 328 g/mol. The second-order valence-corrected chi connectivity index (χ2v) is 9.61. The quantitative estimate of drug-likeness (QED) is 0.455. The van der Waals surface area contributed by atoms with Crippen LogP contribution in [0.1, 0.15) is 20.3 Å². The molecule has 0 aliphatic rings. The van der Waals surface area contributed by atoms with Gasteiger partial charge in [0, 0.05) is 11.8 Å². The molecular formula is C14H38N3O3S+. The predicted octanol–water partition coefficient (Wildman–Crippen LogP) is 0.565. The summed E-state index contributed by atoms with van der Waals surface area (Å²) in [4.78, 5) is 0. The summed E-state index contributed by atoms with van der Waals surface area (Å²) in [5.74, 6) is -0.271. The summed E-state index contributed by atoms with van der Waals surface area (Å²) < 4.78 is 32.3. The SMILES string of the molecule is CC(C)NCCCS(=O)(=O)[O-].C[N+](C)(C)C.C[N+](C)(C)C. The average Bonchev–Trinajstić information content (AvgIpc) is 2.04. The average molecular weight is 329 g/mol. The van der Waals surface area contributed by atoms with E-state index in [9.17, 15) is 13.0 Å². The number of rotatable bonds is 5. The van der Waals surface area contributed by atoms with Crippen LogP contribution in [0.4, 0.5) is 0 Å². The van der Waals surface area contributed by atoms with Gasteiger partial charge in [0.1, 0.15) is 0 Å². The second kappa shape index (κ2) is 11.4. The van der Waals surface area contributed by atoms with Crippen LogP contribution in [0.3, 0.4) is 0 Å². The summed E-state index contributed by atoms with van der Waals surface area (Å²) >= 11 is 0. The van der Waals surface area contributed by atoms with Crippen LogP contribution in [0.25, 0.3) is 0 Å². The molecule has 0 amide bonds. The molecule has 6 nitrogen and oxygen atoms in total. The lowest BCUT2D eigenvalue weighted by atomic mass is 10.4. The van der Waals surface area contributed by atoms with Crippen LogP contribution < -0.4 is 5.32 Å². The van der Waals surface area contributed by atoms with Crippen molar-refractivity contribution in [2.75, 3.05) is 68.7 Å². The molecule has 7 heteroatoms. The van der Waals surface area contributed by atoms with Crippen molar-refractivity contribution in [1.29, 1.82) is 0 Å². The van der Waals surface area contributed by atoms with Crippen LogP contribution >= 0.6 is 0 Å². The van der Waals surface area contributed by atoms with Gasteiger partial charge in [0.05, 0.1) is 66.5 Å². The highest BCUT2D eigenvalue weighted by atomic mass is 32.2. The Morgan fingerprint density at radius 1 is 0.905 bits per heavy atom. The lowest BCUT2D eigenvalue weighted by Gasteiger charge is -2.14. The summed E-state index contributed by atoms with van der Waals surface area (Å²) in [5.41, 5.74) is 0. The van der Waals surface area contributed by atoms with Gasteiger partial charge in [0.25, 0.3) is 0 Å². The molecule has 0 bridgehead atoms. The Balaban J connectivity index is -0.000000270. The second-order valence-electron chi connectivity index (χ2n) is 8.09. The summed E-state index contributed by atoms with van der Waals surface area (Å²) in [6, 6.07) is 0.337. The molecular weight excluding hydrogens is 290 g/mol. The van der Waals surface area contributed by atoms with E-state index in [1.54, 1.807) is 0 Å². The Morgan fingerprint density at radius 2 is 1.19 bits per heavy atom. The van der Waals surface area contributed by atoms with Gasteiger partial charge in [-0.15, -0.1) is 0 Å². The van der Waals surface area contributed by atoms with E-state index in [1.807, 2.05) is 13.8 Å². The molecule has 0 saturated carbocycles. The van der Waals surface area contributed by atoms with Gasteiger partial charge in [0.2, 0.25) is 0 Å². The van der Waals surface area contributed by atoms with Crippen molar-refractivity contribution < 1.29 is 21.9 Å². The number of hydrogen-bond donors (Lipinski definition) is 1. The van der Waals surface area contributed by atoms with Crippen molar-refractivity contribution in [3.63, 3.8) is 0 Å². The molecule has 21 heavy (non-hydrogen) atoms. The normalized spacial score (nSPS) is 12.2. The zero-order valence-corrected chi connectivity index (χ0v) is 16.5. The van der Waals surface area contributed by atoms with Crippen LogP contribution in [0.2, 0.25) is 0 Å². The molecule has 0 atom stereocenters. The third-order valence-corrected chi connectivity index (χ3v) is 1.91. The van der Waals surface area contributed by atoms with E-state index in [0.29, 0.717) is 19.0 Å². The first kappa shape index (κ1) is 25.7. The Hall–Kier alpha value is -0.210. The molecule has 0 heterocycles. The van der Waals surface area contributed by atoms with Crippen LogP contribution in [0, 0.1) is 0 Å². The van der Waals surface area contributed by atoms with Gasteiger partial charge in [0.15, 0.2) is 0 Å². The first-order valence-electron chi connectivity index (χ1n) is 7.16. The maximum atomic E-state index is 10.1. The number of hydrogen-bond acceptors (Lipinski definition) is 4. The molecule has 1 N–H and O–H groups in total. The van der Waals surface area contributed by atoms with E-state index < -0.39 is 10.1 Å². The summed E-state index contributed by atoms with van der Waals surface area (Å²) in [6.07, 6.45) is 0.393. The summed E-state index contributed by atoms with van der Waals surface area (Å²) in [6.45, 7) is 4.51. The number of quaternary nitrogens is 2. The van der Waals surface area contributed by atoms with Crippen molar-refractivity contribution in [1.82, 2.24) is 5.32 Å². The minimum absolute atomic E-state index is 0.271. The van der Waals surface area contributed by atoms with Crippen LogP contribution in [-0.4, -0.2) is 96.7 Å². The number of nitrogens with zero attached hydrogens (tertiary/aromatic N) is 2. The van der Waals surface area contributed by atoms with Gasteiger partial charge in [-0.25, -0.2) is 8.42 Å². The molecule has 0 aliphatic heterocycles. The third-order valence-electron chi connectivity index (χ3n) is 1.12. The molecule has 0 fully saturated rings. The minimum Gasteiger partial charge on any atom is -0.748 e. The van der Waals surface area contributed by atoms with Crippen LogP contribution in [0.15, 0.2) is 0 Å². The van der Waals surface area contributed by atoms with E-state index in [-0.39, 0.29) is 5.75 Å². The van der Waals surface area contributed by atoms with Crippen molar-refractivity contribution in [2.24, 2.45) is 0 Å². The largest absolute Gasteiger partial charge is 0.748 e. The Kier molecular flexibility index (Phi) is 13.9. The van der Waals surface area contributed by atoms with Gasteiger partial charge >= 0.3 is 0 Å². The Labute approximate surface area is 133 Å². The van der Waals surface area contributed by atoms with E-state index in [0.717, 1.165) is 8.97 Å². The molecule has 0 aromatic rings. The fourth-order valence-electron chi connectivity index (χ4n) is 0.640. The Morgan fingerprint density at radius 3 is 1.38 bits per heavy atom. The molecule has 0 aliphatic carbocycles. The van der Waals surface area contributed by atoms with E-state index >= 15 is 0 Å². The van der Waals surface area contributed by atoms with Crippen LogP contribution in [0.5, 0.6) is 0 Å². The van der Waals surface area contributed by atoms with Gasteiger partial charge in [-0.1, -0.05) is 13.8 Å². The molecule has 0 spiro atoms. The van der Waals surface area contributed by atoms with Crippen molar-refractivity contribution in [3.8, 4) is 0 Å². The van der Waals surface area contributed by atoms with Crippen molar-refractivity contribution in [3.05, 3.63) is 0 Å². The lowest BCUT2D eigenvalue weighted by Crippen LogP contribution is -2.27. The topological polar surface area (TPSA) is 69.2 Å².